The van der Waals surface area contributed by atoms with Crippen LogP contribution in [0.2, 0.25) is 0 Å². The molecule has 3 nitrogen and oxygen atoms in total. The Balaban J connectivity index is 1.68. The van der Waals surface area contributed by atoms with Crippen LogP contribution in [-0.2, 0) is 5.41 Å². The highest BCUT2D eigenvalue weighted by Gasteiger charge is 2.32. The number of likely N-dealkylation sites (tertiary alicyclic amines) is 1. The second-order valence-corrected chi connectivity index (χ2v) is 6.53. The van der Waals surface area contributed by atoms with E-state index in [1.807, 2.05) is 0 Å². The van der Waals surface area contributed by atoms with Crippen LogP contribution < -0.4 is 10.5 Å². The summed E-state index contributed by atoms with van der Waals surface area (Å²) in [6.45, 7) is 2.84. The summed E-state index contributed by atoms with van der Waals surface area (Å²) in [5.74, 6) is 0.995. The number of hydrogen-bond acceptors (Lipinski definition) is 3. The predicted octanol–water partition coefficient (Wildman–Crippen LogP) is 2.54. The Morgan fingerprint density at radius 3 is 2.35 bits per heavy atom. The molecule has 2 fully saturated rings. The zero-order valence-electron chi connectivity index (χ0n) is 12.5. The molecule has 1 aliphatic carbocycles. The Morgan fingerprint density at radius 1 is 1.15 bits per heavy atom. The van der Waals surface area contributed by atoms with Crippen molar-refractivity contribution in [1.82, 2.24) is 4.90 Å². The van der Waals surface area contributed by atoms with Crippen molar-refractivity contribution in [2.45, 2.75) is 43.6 Å². The zero-order chi connectivity index (χ0) is 14.0. The Hall–Kier alpha value is -1.06. The van der Waals surface area contributed by atoms with Gasteiger partial charge in [0.15, 0.2) is 0 Å². The molecule has 0 radical (unpaired) electrons. The largest absolute Gasteiger partial charge is 0.488 e. The van der Waals surface area contributed by atoms with Crippen molar-refractivity contribution in [3.63, 3.8) is 0 Å². The summed E-state index contributed by atoms with van der Waals surface area (Å²) in [5.41, 5.74) is 7.71. The van der Waals surface area contributed by atoms with Crippen molar-refractivity contribution < 1.29 is 4.74 Å². The monoisotopic (exact) mass is 274 g/mol. The van der Waals surface area contributed by atoms with E-state index in [0.29, 0.717) is 6.10 Å². The average molecular weight is 274 g/mol. The summed E-state index contributed by atoms with van der Waals surface area (Å²) in [5, 5.41) is 0. The lowest BCUT2D eigenvalue weighted by molar-refractivity contribution is 0.0388. The lowest BCUT2D eigenvalue weighted by Crippen LogP contribution is -2.51. The fourth-order valence-corrected chi connectivity index (χ4v) is 3.64. The van der Waals surface area contributed by atoms with Crippen LogP contribution in [0.4, 0.5) is 0 Å². The van der Waals surface area contributed by atoms with Gasteiger partial charge in [0.25, 0.3) is 0 Å². The third kappa shape index (κ3) is 2.70. The summed E-state index contributed by atoms with van der Waals surface area (Å²) in [6, 6.07) is 8.71. The summed E-state index contributed by atoms with van der Waals surface area (Å²) < 4.78 is 5.96. The number of likely N-dealkylation sites (N-methyl/N-ethyl adjacent to an activating group) is 1. The highest BCUT2D eigenvalue weighted by Crippen LogP contribution is 2.39. The van der Waals surface area contributed by atoms with Gasteiger partial charge in [0.05, 0.1) is 0 Å². The van der Waals surface area contributed by atoms with Gasteiger partial charge in [-0.2, -0.15) is 0 Å². The van der Waals surface area contributed by atoms with E-state index in [0.717, 1.165) is 25.4 Å². The molecular weight excluding hydrogens is 248 g/mol. The van der Waals surface area contributed by atoms with Crippen molar-refractivity contribution in [2.75, 3.05) is 26.7 Å². The number of rotatable bonds is 4. The van der Waals surface area contributed by atoms with Crippen LogP contribution in [-0.4, -0.2) is 37.7 Å². The molecule has 0 aromatic heterocycles. The Labute approximate surface area is 122 Å². The van der Waals surface area contributed by atoms with Crippen LogP contribution in [0.1, 0.15) is 37.7 Å². The molecule has 3 heteroatoms. The van der Waals surface area contributed by atoms with Crippen molar-refractivity contribution in [1.29, 1.82) is 0 Å². The van der Waals surface area contributed by atoms with Gasteiger partial charge in [-0.05, 0) is 37.6 Å². The van der Waals surface area contributed by atoms with E-state index < -0.39 is 0 Å². The van der Waals surface area contributed by atoms with Crippen molar-refractivity contribution in [2.24, 2.45) is 5.73 Å². The molecule has 1 saturated carbocycles. The SMILES string of the molecule is CN1CC(Oc2ccc(C3(CN)CCCCC3)cc2)C1. The summed E-state index contributed by atoms with van der Waals surface area (Å²) in [7, 11) is 2.12. The van der Waals surface area contributed by atoms with Gasteiger partial charge >= 0.3 is 0 Å². The van der Waals surface area contributed by atoms with Crippen LogP contribution in [0.25, 0.3) is 0 Å². The fourth-order valence-electron chi connectivity index (χ4n) is 3.64. The predicted molar refractivity (Wildman–Crippen MR) is 82.2 cm³/mol. The first-order valence-electron chi connectivity index (χ1n) is 7.88. The summed E-state index contributed by atoms with van der Waals surface area (Å²) in [4.78, 5) is 2.27. The first-order chi connectivity index (χ1) is 9.72. The maximum atomic E-state index is 6.10. The van der Waals surface area contributed by atoms with Crippen LogP contribution in [0, 0.1) is 0 Å². The van der Waals surface area contributed by atoms with Gasteiger partial charge in [-0.25, -0.2) is 0 Å². The number of ether oxygens (including phenoxy) is 1. The number of nitrogens with zero attached hydrogens (tertiary/aromatic N) is 1. The maximum Gasteiger partial charge on any atom is 0.124 e. The molecule has 1 aromatic rings. The highest BCUT2D eigenvalue weighted by atomic mass is 16.5. The third-order valence-electron chi connectivity index (χ3n) is 5.00. The zero-order valence-corrected chi connectivity index (χ0v) is 12.5. The van der Waals surface area contributed by atoms with Gasteiger partial charge in [0, 0.05) is 25.0 Å². The molecule has 20 heavy (non-hydrogen) atoms. The molecule has 2 aliphatic rings. The van der Waals surface area contributed by atoms with Crippen LogP contribution in [0.5, 0.6) is 5.75 Å². The van der Waals surface area contributed by atoms with E-state index in [4.69, 9.17) is 10.5 Å². The van der Waals surface area contributed by atoms with Crippen molar-refractivity contribution in [3.05, 3.63) is 29.8 Å². The van der Waals surface area contributed by atoms with E-state index in [1.165, 1.54) is 37.7 Å². The van der Waals surface area contributed by atoms with Gasteiger partial charge in [0.1, 0.15) is 11.9 Å². The van der Waals surface area contributed by atoms with Gasteiger partial charge in [-0.1, -0.05) is 31.4 Å². The van der Waals surface area contributed by atoms with Crippen molar-refractivity contribution in [3.8, 4) is 5.75 Å². The molecule has 1 heterocycles. The van der Waals surface area contributed by atoms with E-state index in [9.17, 15) is 0 Å². The van der Waals surface area contributed by atoms with E-state index in [2.05, 4.69) is 36.2 Å². The smallest absolute Gasteiger partial charge is 0.124 e. The summed E-state index contributed by atoms with van der Waals surface area (Å²) >= 11 is 0. The second kappa shape index (κ2) is 5.74. The summed E-state index contributed by atoms with van der Waals surface area (Å²) in [6.07, 6.45) is 6.81. The number of benzene rings is 1. The molecule has 0 spiro atoms. The van der Waals surface area contributed by atoms with E-state index in [1.54, 1.807) is 0 Å². The second-order valence-electron chi connectivity index (χ2n) is 6.53. The average Bonchev–Trinajstić information content (AvgIpc) is 2.47. The van der Waals surface area contributed by atoms with E-state index >= 15 is 0 Å². The maximum absolute atomic E-state index is 6.10. The number of hydrogen-bond donors (Lipinski definition) is 1. The molecule has 0 bridgehead atoms. The standard InChI is InChI=1S/C17H26N2O/c1-19-11-16(12-19)20-15-7-5-14(6-8-15)17(13-18)9-3-2-4-10-17/h5-8,16H,2-4,9-13,18H2,1H3. The van der Waals surface area contributed by atoms with Crippen LogP contribution in [0.3, 0.4) is 0 Å². The molecule has 1 saturated heterocycles. The minimum absolute atomic E-state index is 0.216. The molecular formula is C17H26N2O. The lowest BCUT2D eigenvalue weighted by atomic mass is 9.69. The van der Waals surface area contributed by atoms with Gasteiger partial charge < -0.3 is 10.5 Å². The third-order valence-corrected chi connectivity index (χ3v) is 5.00. The van der Waals surface area contributed by atoms with Gasteiger partial charge in [0.2, 0.25) is 0 Å². The Morgan fingerprint density at radius 2 is 1.80 bits per heavy atom. The molecule has 3 rings (SSSR count). The van der Waals surface area contributed by atoms with Crippen LogP contribution in [0.15, 0.2) is 24.3 Å². The fraction of sp³-hybridized carbons (Fsp3) is 0.647. The molecule has 1 aliphatic heterocycles. The van der Waals surface area contributed by atoms with E-state index in [-0.39, 0.29) is 5.41 Å². The minimum Gasteiger partial charge on any atom is -0.488 e. The Bertz CT molecular complexity index is 431. The number of nitrogens with two attached hydrogens (primary N) is 1. The molecule has 0 atom stereocenters. The quantitative estimate of drug-likeness (QED) is 0.917. The molecule has 2 N–H and O–H groups in total. The topological polar surface area (TPSA) is 38.5 Å². The highest BCUT2D eigenvalue weighted by molar-refractivity contribution is 5.33. The van der Waals surface area contributed by atoms with Gasteiger partial charge in [-0.15, -0.1) is 0 Å². The molecule has 0 unspecified atom stereocenters. The lowest BCUT2D eigenvalue weighted by Gasteiger charge is -2.37. The Kier molecular flexibility index (Phi) is 3.99. The molecule has 1 aromatic carbocycles. The first-order valence-corrected chi connectivity index (χ1v) is 7.88. The minimum atomic E-state index is 0.216. The van der Waals surface area contributed by atoms with Gasteiger partial charge in [-0.3, -0.25) is 4.90 Å². The molecule has 110 valence electrons. The van der Waals surface area contributed by atoms with Crippen LogP contribution >= 0.6 is 0 Å². The molecule has 0 amide bonds. The first kappa shape index (κ1) is 13.9. The van der Waals surface area contributed by atoms with Crippen molar-refractivity contribution >= 4 is 0 Å². The normalized spacial score (nSPS) is 23.3.